The molecule has 2 atom stereocenters. The Bertz CT molecular complexity index is 92.4. The van der Waals surface area contributed by atoms with E-state index in [1.807, 2.05) is 6.92 Å². The van der Waals surface area contributed by atoms with Gasteiger partial charge in [0.05, 0.1) is 18.2 Å². The van der Waals surface area contributed by atoms with Crippen LogP contribution in [0.3, 0.4) is 0 Å². The molecule has 0 aromatic rings. The molecule has 0 bridgehead atoms. The Morgan fingerprint density at radius 1 is 1.88 bits per heavy atom. The SMILES string of the molecule is CC1OCC1(N)CN. The zero-order valence-electron chi connectivity index (χ0n) is 5.05. The average molecular weight is 116 g/mol. The van der Waals surface area contributed by atoms with Gasteiger partial charge in [0.15, 0.2) is 0 Å². The third-order valence-corrected chi connectivity index (χ3v) is 1.79. The summed E-state index contributed by atoms with van der Waals surface area (Å²) in [5.41, 5.74) is 10.8. The summed E-state index contributed by atoms with van der Waals surface area (Å²) in [5, 5.41) is 0. The molecule has 0 saturated carbocycles. The Morgan fingerprint density at radius 3 is 2.50 bits per heavy atom. The highest BCUT2D eigenvalue weighted by molar-refractivity contribution is 4.98. The Kier molecular flexibility index (Phi) is 1.27. The lowest BCUT2D eigenvalue weighted by Crippen LogP contribution is -2.67. The molecule has 1 fully saturated rings. The molecule has 1 rings (SSSR count). The van der Waals surface area contributed by atoms with Gasteiger partial charge in [0.25, 0.3) is 0 Å². The smallest absolute Gasteiger partial charge is 0.0778 e. The van der Waals surface area contributed by atoms with E-state index in [9.17, 15) is 0 Å². The fraction of sp³-hybridized carbons (Fsp3) is 1.00. The Labute approximate surface area is 49.0 Å². The van der Waals surface area contributed by atoms with Crippen molar-refractivity contribution in [2.45, 2.75) is 18.6 Å². The van der Waals surface area contributed by atoms with E-state index in [1.165, 1.54) is 0 Å². The molecule has 8 heavy (non-hydrogen) atoms. The minimum absolute atomic E-state index is 0.146. The number of rotatable bonds is 1. The minimum Gasteiger partial charge on any atom is -0.374 e. The van der Waals surface area contributed by atoms with Crippen molar-refractivity contribution >= 4 is 0 Å². The maximum atomic E-state index is 5.70. The molecule has 0 radical (unpaired) electrons. The topological polar surface area (TPSA) is 61.3 Å². The normalized spacial score (nSPS) is 46.1. The summed E-state index contributed by atoms with van der Waals surface area (Å²) in [5.74, 6) is 0. The van der Waals surface area contributed by atoms with E-state index in [0.717, 1.165) is 0 Å². The van der Waals surface area contributed by atoms with Gasteiger partial charge in [-0.3, -0.25) is 0 Å². The Hall–Kier alpha value is -0.120. The van der Waals surface area contributed by atoms with E-state index in [0.29, 0.717) is 13.2 Å². The zero-order chi connectivity index (χ0) is 6.20. The van der Waals surface area contributed by atoms with E-state index in [4.69, 9.17) is 16.2 Å². The summed E-state index contributed by atoms with van der Waals surface area (Å²) in [6, 6.07) is 0. The Morgan fingerprint density at radius 2 is 2.50 bits per heavy atom. The maximum Gasteiger partial charge on any atom is 0.0778 e. The van der Waals surface area contributed by atoms with Crippen molar-refractivity contribution < 1.29 is 4.74 Å². The van der Waals surface area contributed by atoms with Gasteiger partial charge in [-0.2, -0.15) is 0 Å². The molecule has 1 aliphatic heterocycles. The lowest BCUT2D eigenvalue weighted by molar-refractivity contribution is -0.116. The van der Waals surface area contributed by atoms with E-state index in [2.05, 4.69) is 0 Å². The monoisotopic (exact) mass is 116 g/mol. The second-order valence-electron chi connectivity index (χ2n) is 2.39. The molecule has 2 unspecified atom stereocenters. The number of nitrogens with two attached hydrogens (primary N) is 2. The van der Waals surface area contributed by atoms with Gasteiger partial charge in [0.1, 0.15) is 0 Å². The van der Waals surface area contributed by atoms with Crippen molar-refractivity contribution in [3.8, 4) is 0 Å². The summed E-state index contributed by atoms with van der Waals surface area (Å²) in [7, 11) is 0. The van der Waals surface area contributed by atoms with Crippen molar-refractivity contribution in [2.75, 3.05) is 13.2 Å². The molecule has 4 N–H and O–H groups in total. The van der Waals surface area contributed by atoms with Crippen LogP contribution < -0.4 is 11.5 Å². The summed E-state index contributed by atoms with van der Waals surface area (Å²) in [6.45, 7) is 3.08. The standard InChI is InChI=1S/C5H12N2O/c1-4-5(7,2-6)3-8-4/h4H,2-3,6-7H2,1H3. The molecule has 0 amide bonds. The van der Waals surface area contributed by atoms with Crippen molar-refractivity contribution in [3.63, 3.8) is 0 Å². The van der Waals surface area contributed by atoms with Gasteiger partial charge in [0, 0.05) is 6.54 Å². The molecule has 1 heterocycles. The molecule has 3 heteroatoms. The highest BCUT2D eigenvalue weighted by atomic mass is 16.5. The summed E-state index contributed by atoms with van der Waals surface area (Å²) >= 11 is 0. The van der Waals surface area contributed by atoms with Crippen LogP contribution in [0.15, 0.2) is 0 Å². The lowest BCUT2D eigenvalue weighted by atomic mass is 9.91. The molecule has 0 aromatic carbocycles. The number of hydrogen-bond acceptors (Lipinski definition) is 3. The van der Waals surface area contributed by atoms with Crippen molar-refractivity contribution in [2.24, 2.45) is 11.5 Å². The number of ether oxygens (including phenoxy) is 1. The van der Waals surface area contributed by atoms with Crippen LogP contribution in [-0.2, 0) is 4.74 Å². The molecule has 1 aliphatic rings. The first kappa shape index (κ1) is 6.01. The second kappa shape index (κ2) is 1.69. The Balaban J connectivity index is 2.42. The quantitative estimate of drug-likeness (QED) is 0.465. The predicted octanol–water partition coefficient (Wildman–Crippen LogP) is -0.939. The first-order valence-electron chi connectivity index (χ1n) is 2.79. The maximum absolute atomic E-state index is 5.70. The highest BCUT2D eigenvalue weighted by Crippen LogP contribution is 2.20. The summed E-state index contributed by atoms with van der Waals surface area (Å²) in [4.78, 5) is 0. The molecular formula is C5H12N2O. The third-order valence-electron chi connectivity index (χ3n) is 1.79. The zero-order valence-corrected chi connectivity index (χ0v) is 5.05. The molecular weight excluding hydrogens is 104 g/mol. The van der Waals surface area contributed by atoms with E-state index >= 15 is 0 Å². The van der Waals surface area contributed by atoms with Crippen LogP contribution in [0, 0.1) is 0 Å². The summed E-state index contributed by atoms with van der Waals surface area (Å²) in [6.07, 6.45) is 0.146. The van der Waals surface area contributed by atoms with E-state index in [-0.39, 0.29) is 11.6 Å². The molecule has 3 nitrogen and oxygen atoms in total. The van der Waals surface area contributed by atoms with Gasteiger partial charge in [-0.15, -0.1) is 0 Å². The van der Waals surface area contributed by atoms with Crippen LogP contribution in [0.4, 0.5) is 0 Å². The lowest BCUT2D eigenvalue weighted by Gasteiger charge is -2.43. The predicted molar refractivity (Wildman–Crippen MR) is 31.4 cm³/mol. The largest absolute Gasteiger partial charge is 0.374 e. The van der Waals surface area contributed by atoms with Crippen LogP contribution in [0.2, 0.25) is 0 Å². The van der Waals surface area contributed by atoms with Crippen LogP contribution in [0.1, 0.15) is 6.92 Å². The molecule has 0 aromatic heterocycles. The first-order valence-corrected chi connectivity index (χ1v) is 2.79. The average Bonchev–Trinajstić information content (AvgIpc) is 1.83. The molecule has 1 saturated heterocycles. The molecule has 0 aliphatic carbocycles. The fourth-order valence-corrected chi connectivity index (χ4v) is 0.689. The number of hydrogen-bond donors (Lipinski definition) is 2. The van der Waals surface area contributed by atoms with Crippen molar-refractivity contribution in [1.29, 1.82) is 0 Å². The van der Waals surface area contributed by atoms with Gasteiger partial charge in [-0.25, -0.2) is 0 Å². The van der Waals surface area contributed by atoms with Gasteiger partial charge in [0.2, 0.25) is 0 Å². The van der Waals surface area contributed by atoms with Crippen LogP contribution in [0.25, 0.3) is 0 Å². The van der Waals surface area contributed by atoms with Crippen LogP contribution >= 0.6 is 0 Å². The van der Waals surface area contributed by atoms with Gasteiger partial charge >= 0.3 is 0 Å². The highest BCUT2D eigenvalue weighted by Gasteiger charge is 2.40. The van der Waals surface area contributed by atoms with E-state index in [1.54, 1.807) is 0 Å². The van der Waals surface area contributed by atoms with Gasteiger partial charge in [-0.05, 0) is 6.92 Å². The van der Waals surface area contributed by atoms with Gasteiger partial charge in [-0.1, -0.05) is 0 Å². The van der Waals surface area contributed by atoms with Crippen molar-refractivity contribution in [1.82, 2.24) is 0 Å². The second-order valence-corrected chi connectivity index (χ2v) is 2.39. The molecule has 48 valence electrons. The third kappa shape index (κ3) is 0.632. The molecule has 0 spiro atoms. The first-order chi connectivity index (χ1) is 3.69. The van der Waals surface area contributed by atoms with Crippen LogP contribution in [0.5, 0.6) is 0 Å². The minimum atomic E-state index is -0.222. The fourth-order valence-electron chi connectivity index (χ4n) is 0.689. The van der Waals surface area contributed by atoms with E-state index < -0.39 is 0 Å². The summed E-state index contributed by atoms with van der Waals surface area (Å²) < 4.78 is 5.03. The van der Waals surface area contributed by atoms with Crippen molar-refractivity contribution in [3.05, 3.63) is 0 Å². The van der Waals surface area contributed by atoms with Crippen LogP contribution in [-0.4, -0.2) is 24.8 Å². The van der Waals surface area contributed by atoms with Gasteiger partial charge < -0.3 is 16.2 Å².